The SMILES string of the molecule is O[C@@H](c1ccccc1)c1cc([C@@H](O)CBr)c2cc(Cl)cc(Cl)c2n1. The Morgan fingerprint density at radius 1 is 1.04 bits per heavy atom. The third-order valence-corrected chi connectivity index (χ3v) is 4.90. The lowest BCUT2D eigenvalue weighted by Gasteiger charge is -2.17. The molecule has 0 spiro atoms. The van der Waals surface area contributed by atoms with Crippen LogP contribution in [0.25, 0.3) is 10.9 Å². The van der Waals surface area contributed by atoms with Gasteiger partial charge in [-0.15, -0.1) is 0 Å². The maximum atomic E-state index is 10.7. The molecule has 0 bridgehead atoms. The van der Waals surface area contributed by atoms with Gasteiger partial charge in [0.05, 0.1) is 22.3 Å². The molecule has 2 aromatic carbocycles. The van der Waals surface area contributed by atoms with Crippen LogP contribution in [0.5, 0.6) is 0 Å². The van der Waals surface area contributed by atoms with Crippen molar-refractivity contribution in [3.63, 3.8) is 0 Å². The molecule has 0 saturated heterocycles. The monoisotopic (exact) mass is 425 g/mol. The second-order valence-electron chi connectivity index (χ2n) is 5.40. The van der Waals surface area contributed by atoms with E-state index in [1.807, 2.05) is 30.3 Å². The van der Waals surface area contributed by atoms with Crippen LogP contribution in [-0.2, 0) is 0 Å². The third-order valence-electron chi connectivity index (χ3n) is 3.78. The molecule has 0 radical (unpaired) electrons. The van der Waals surface area contributed by atoms with Crippen molar-refractivity contribution in [2.45, 2.75) is 12.2 Å². The molecule has 0 amide bonds. The second kappa shape index (κ2) is 7.38. The molecule has 0 aliphatic rings. The van der Waals surface area contributed by atoms with E-state index in [0.717, 1.165) is 0 Å². The molecular weight excluding hydrogens is 413 g/mol. The van der Waals surface area contributed by atoms with Gasteiger partial charge >= 0.3 is 0 Å². The van der Waals surface area contributed by atoms with E-state index in [9.17, 15) is 10.2 Å². The van der Waals surface area contributed by atoms with Gasteiger partial charge < -0.3 is 10.2 Å². The number of fused-ring (bicyclic) bond motifs is 1. The fraction of sp³-hybridized carbons (Fsp3) is 0.167. The molecule has 0 aliphatic heterocycles. The lowest BCUT2D eigenvalue weighted by molar-refractivity contribution is 0.203. The summed E-state index contributed by atoms with van der Waals surface area (Å²) in [6, 6.07) is 14.2. The van der Waals surface area contributed by atoms with Crippen molar-refractivity contribution in [1.82, 2.24) is 4.98 Å². The predicted molar refractivity (Wildman–Crippen MR) is 101 cm³/mol. The maximum absolute atomic E-state index is 10.7. The Bertz CT molecular complexity index is 874. The van der Waals surface area contributed by atoms with Gasteiger partial charge in [0.2, 0.25) is 0 Å². The van der Waals surface area contributed by atoms with Gasteiger partial charge in [0, 0.05) is 15.7 Å². The summed E-state index contributed by atoms with van der Waals surface area (Å²) in [6.45, 7) is 0. The summed E-state index contributed by atoms with van der Waals surface area (Å²) in [7, 11) is 0. The fourth-order valence-corrected chi connectivity index (χ4v) is 3.49. The quantitative estimate of drug-likeness (QED) is 0.573. The molecule has 0 fully saturated rings. The van der Waals surface area contributed by atoms with Crippen LogP contribution in [0, 0.1) is 0 Å². The first-order valence-corrected chi connectivity index (χ1v) is 9.15. The molecule has 3 aromatic rings. The molecule has 0 saturated carbocycles. The van der Waals surface area contributed by atoms with E-state index in [-0.39, 0.29) is 0 Å². The zero-order valence-electron chi connectivity index (χ0n) is 12.5. The van der Waals surface area contributed by atoms with Crippen LogP contribution in [-0.4, -0.2) is 20.5 Å². The van der Waals surface area contributed by atoms with Crippen molar-refractivity contribution in [3.05, 3.63) is 75.4 Å². The van der Waals surface area contributed by atoms with Gasteiger partial charge in [-0.05, 0) is 29.3 Å². The van der Waals surface area contributed by atoms with Crippen LogP contribution >= 0.6 is 39.1 Å². The molecule has 0 unspecified atom stereocenters. The van der Waals surface area contributed by atoms with Gasteiger partial charge in [-0.3, -0.25) is 0 Å². The van der Waals surface area contributed by atoms with E-state index < -0.39 is 12.2 Å². The van der Waals surface area contributed by atoms with Crippen molar-refractivity contribution in [2.24, 2.45) is 0 Å². The smallest absolute Gasteiger partial charge is 0.121 e. The van der Waals surface area contributed by atoms with Gasteiger partial charge in [-0.2, -0.15) is 0 Å². The number of aliphatic hydroxyl groups excluding tert-OH is 2. The lowest BCUT2D eigenvalue weighted by Crippen LogP contribution is -2.07. The minimum absolute atomic E-state index is 0.344. The minimum atomic E-state index is -0.913. The first-order chi connectivity index (χ1) is 11.5. The number of hydrogen-bond donors (Lipinski definition) is 2. The maximum Gasteiger partial charge on any atom is 0.121 e. The number of rotatable bonds is 4. The number of alkyl halides is 1. The van der Waals surface area contributed by atoms with Crippen LogP contribution in [0.15, 0.2) is 48.5 Å². The molecule has 1 aromatic heterocycles. The largest absolute Gasteiger partial charge is 0.388 e. The highest BCUT2D eigenvalue weighted by Gasteiger charge is 2.19. The second-order valence-corrected chi connectivity index (χ2v) is 6.89. The van der Waals surface area contributed by atoms with E-state index in [2.05, 4.69) is 20.9 Å². The topological polar surface area (TPSA) is 53.4 Å². The van der Waals surface area contributed by atoms with Crippen LogP contribution in [0.3, 0.4) is 0 Å². The van der Waals surface area contributed by atoms with Crippen LogP contribution in [0.1, 0.15) is 29.0 Å². The molecule has 3 nitrogen and oxygen atoms in total. The molecule has 2 atom stereocenters. The van der Waals surface area contributed by atoms with Crippen LogP contribution in [0.2, 0.25) is 10.0 Å². The highest BCUT2D eigenvalue weighted by atomic mass is 79.9. The number of nitrogens with zero attached hydrogens (tertiary/aromatic N) is 1. The standard InChI is InChI=1S/C18H14BrCl2NO2/c19-9-16(23)12-8-15(18(24)10-4-2-1-3-5-10)22-17-13(12)6-11(20)7-14(17)21/h1-8,16,18,23-24H,9H2/t16-,18-/m0/s1. The van der Waals surface area contributed by atoms with Crippen molar-refractivity contribution in [2.75, 3.05) is 5.33 Å². The first-order valence-electron chi connectivity index (χ1n) is 7.28. The number of aromatic nitrogens is 1. The summed E-state index contributed by atoms with van der Waals surface area (Å²) in [4.78, 5) is 4.50. The average Bonchev–Trinajstić information content (AvgIpc) is 2.60. The summed E-state index contributed by atoms with van der Waals surface area (Å²) >= 11 is 15.7. The lowest BCUT2D eigenvalue weighted by atomic mass is 9.99. The number of hydrogen-bond acceptors (Lipinski definition) is 3. The summed E-state index contributed by atoms with van der Waals surface area (Å²) in [5.74, 6) is 0. The van der Waals surface area contributed by atoms with E-state index in [1.165, 1.54) is 0 Å². The van der Waals surface area contributed by atoms with E-state index >= 15 is 0 Å². The van der Waals surface area contributed by atoms with Crippen LogP contribution in [0.4, 0.5) is 0 Å². The summed E-state index contributed by atoms with van der Waals surface area (Å²) < 4.78 is 0. The zero-order valence-corrected chi connectivity index (χ0v) is 15.6. The molecular formula is C18H14BrCl2NO2. The Kier molecular flexibility index (Phi) is 5.42. The molecule has 6 heteroatoms. The van der Waals surface area contributed by atoms with Crippen molar-refractivity contribution >= 4 is 50.0 Å². The van der Waals surface area contributed by atoms with Gasteiger partial charge in [-0.25, -0.2) is 4.98 Å². The number of aliphatic hydroxyl groups is 2. The number of halogens is 3. The summed E-state index contributed by atoms with van der Waals surface area (Å²) in [5, 5.41) is 22.9. The number of pyridine rings is 1. The first kappa shape index (κ1) is 17.6. The van der Waals surface area contributed by atoms with Crippen molar-refractivity contribution < 1.29 is 10.2 Å². The Balaban J connectivity index is 2.23. The Morgan fingerprint density at radius 2 is 1.75 bits per heavy atom. The third kappa shape index (κ3) is 3.44. The summed E-state index contributed by atoms with van der Waals surface area (Å²) in [5.41, 5.74) is 2.26. The molecule has 0 aliphatic carbocycles. The average molecular weight is 427 g/mol. The van der Waals surface area contributed by atoms with Crippen molar-refractivity contribution in [3.8, 4) is 0 Å². The fourth-order valence-electron chi connectivity index (χ4n) is 2.60. The van der Waals surface area contributed by atoms with Gasteiger partial charge in [0.25, 0.3) is 0 Å². The van der Waals surface area contributed by atoms with Crippen molar-refractivity contribution in [1.29, 1.82) is 0 Å². The number of benzene rings is 2. The molecule has 2 N–H and O–H groups in total. The van der Waals surface area contributed by atoms with Gasteiger partial charge in [-0.1, -0.05) is 69.5 Å². The molecule has 3 rings (SSSR count). The Labute approximate surface area is 158 Å². The molecule has 24 heavy (non-hydrogen) atoms. The summed E-state index contributed by atoms with van der Waals surface area (Å²) in [6.07, 6.45) is -1.68. The van der Waals surface area contributed by atoms with Gasteiger partial charge in [0.1, 0.15) is 6.10 Å². The normalized spacial score (nSPS) is 13.9. The van der Waals surface area contributed by atoms with E-state index in [1.54, 1.807) is 18.2 Å². The highest BCUT2D eigenvalue weighted by molar-refractivity contribution is 9.09. The van der Waals surface area contributed by atoms with E-state index in [0.29, 0.717) is 43.1 Å². The molecule has 1 heterocycles. The van der Waals surface area contributed by atoms with E-state index in [4.69, 9.17) is 23.2 Å². The predicted octanol–water partition coefficient (Wildman–Crippen LogP) is 5.05. The zero-order chi connectivity index (χ0) is 17.3. The molecule has 124 valence electrons. The highest BCUT2D eigenvalue weighted by Crippen LogP contribution is 2.34. The van der Waals surface area contributed by atoms with Crippen LogP contribution < -0.4 is 0 Å². The Hall–Kier alpha value is -1.17. The minimum Gasteiger partial charge on any atom is -0.388 e. The Morgan fingerprint density at radius 3 is 2.42 bits per heavy atom. The van der Waals surface area contributed by atoms with Gasteiger partial charge in [0.15, 0.2) is 0 Å².